The van der Waals surface area contributed by atoms with Crippen molar-refractivity contribution in [3.05, 3.63) is 128 Å². The second kappa shape index (κ2) is 10.8. The highest BCUT2D eigenvalue weighted by molar-refractivity contribution is 14.1. The predicted octanol–water partition coefficient (Wildman–Crippen LogP) is 5.63. The number of halogens is 1. The van der Waals surface area contributed by atoms with Crippen molar-refractivity contribution in [1.29, 1.82) is 0 Å². The van der Waals surface area contributed by atoms with Gasteiger partial charge in [-0.25, -0.2) is 9.66 Å². The van der Waals surface area contributed by atoms with Gasteiger partial charge < -0.3 is 15.8 Å². The molecular formula is C30H25IN6O2. The fourth-order valence-corrected chi connectivity index (χ4v) is 5.11. The number of hydrazone groups is 1. The van der Waals surface area contributed by atoms with Crippen LogP contribution in [-0.4, -0.2) is 20.6 Å². The van der Waals surface area contributed by atoms with Crippen molar-refractivity contribution < 1.29 is 5.11 Å². The number of rotatable bonds is 6. The van der Waals surface area contributed by atoms with E-state index in [-0.39, 0.29) is 17.4 Å². The number of benzene rings is 4. The number of hydrogen-bond donors (Lipinski definition) is 4. The number of nitrogens with zero attached hydrogens (tertiary/aromatic N) is 3. The van der Waals surface area contributed by atoms with E-state index >= 15 is 0 Å². The fraction of sp³-hybridized carbons (Fsp3) is 0.100. The van der Waals surface area contributed by atoms with Gasteiger partial charge in [0.05, 0.1) is 16.9 Å². The Labute approximate surface area is 238 Å². The van der Waals surface area contributed by atoms with Crippen LogP contribution in [0.25, 0.3) is 10.9 Å². The van der Waals surface area contributed by atoms with Gasteiger partial charge in [0.1, 0.15) is 17.4 Å². The summed E-state index contributed by atoms with van der Waals surface area (Å²) >= 11 is 2.20. The van der Waals surface area contributed by atoms with Crippen molar-refractivity contribution >= 4 is 50.7 Å². The van der Waals surface area contributed by atoms with Gasteiger partial charge in [0.15, 0.2) is 0 Å². The molecular weight excluding hydrogens is 603 g/mol. The minimum Gasteiger partial charge on any atom is -0.508 e. The van der Waals surface area contributed by atoms with E-state index < -0.39 is 0 Å². The summed E-state index contributed by atoms with van der Waals surface area (Å²) in [6.45, 7) is 0. The van der Waals surface area contributed by atoms with Gasteiger partial charge in [0.25, 0.3) is 5.56 Å². The quantitative estimate of drug-likeness (QED) is 0.182. The normalized spacial score (nSPS) is 14.6. The molecule has 39 heavy (non-hydrogen) atoms. The minimum atomic E-state index is -0.183. The molecule has 5 aromatic rings. The second-order valence-electron chi connectivity index (χ2n) is 9.30. The van der Waals surface area contributed by atoms with Crippen LogP contribution in [0.4, 0.5) is 11.4 Å². The van der Waals surface area contributed by atoms with E-state index in [1.807, 2.05) is 84.9 Å². The first-order chi connectivity index (χ1) is 19.0. The highest BCUT2D eigenvalue weighted by atomic mass is 127. The highest BCUT2D eigenvalue weighted by Crippen LogP contribution is 2.25. The summed E-state index contributed by atoms with van der Waals surface area (Å²) < 4.78 is 2.47. The van der Waals surface area contributed by atoms with Crippen LogP contribution in [0.5, 0.6) is 5.75 Å². The number of aromatic nitrogens is 2. The molecule has 1 atom stereocenters. The zero-order chi connectivity index (χ0) is 26.8. The molecule has 6 rings (SSSR count). The predicted molar refractivity (Wildman–Crippen MR) is 163 cm³/mol. The Bertz CT molecular complexity index is 1740. The number of nitrogens with one attached hydrogen (secondary N) is 3. The fourth-order valence-electron chi connectivity index (χ4n) is 4.62. The maximum atomic E-state index is 13.8. The smallest absolute Gasteiger partial charge is 0.280 e. The molecule has 4 N–H and O–H groups in total. The summed E-state index contributed by atoms with van der Waals surface area (Å²) in [5, 5.41) is 18.1. The van der Waals surface area contributed by atoms with Crippen LogP contribution in [-0.2, 0) is 6.42 Å². The lowest BCUT2D eigenvalue weighted by molar-refractivity contribution is 0.474. The standard InChI is InChI=1S/C30H25IN6O2/c31-21-12-15-26-24(17-21)30(39)37(36-28-18-27(34-35-28)19-10-13-23(38)14-11-19)29(33-26)16-20-6-4-5-9-25(20)32-22-7-2-1-3-8-22/h1-15,17,27,32,34,38H,16,18H2,(H,35,36). The van der Waals surface area contributed by atoms with Crippen molar-refractivity contribution in [3.8, 4) is 5.75 Å². The van der Waals surface area contributed by atoms with Gasteiger partial charge in [-0.15, -0.1) is 0 Å². The molecule has 9 heteroatoms. The topological polar surface area (TPSA) is 104 Å². The molecule has 0 aliphatic carbocycles. The van der Waals surface area contributed by atoms with E-state index in [9.17, 15) is 9.90 Å². The van der Waals surface area contributed by atoms with Crippen LogP contribution in [0.3, 0.4) is 0 Å². The van der Waals surface area contributed by atoms with Crippen molar-refractivity contribution in [1.82, 2.24) is 15.1 Å². The third-order valence-electron chi connectivity index (χ3n) is 6.61. The molecule has 0 saturated carbocycles. The lowest BCUT2D eigenvalue weighted by Crippen LogP contribution is -2.36. The summed E-state index contributed by atoms with van der Waals surface area (Å²) in [5.41, 5.74) is 10.8. The molecule has 0 bridgehead atoms. The molecule has 194 valence electrons. The van der Waals surface area contributed by atoms with E-state index in [0.717, 1.165) is 26.1 Å². The van der Waals surface area contributed by atoms with Gasteiger partial charge in [-0.2, -0.15) is 5.10 Å². The number of phenols is 1. The largest absolute Gasteiger partial charge is 0.508 e. The molecule has 2 heterocycles. The molecule has 8 nitrogen and oxygen atoms in total. The van der Waals surface area contributed by atoms with Gasteiger partial charge in [-0.05, 0) is 82.2 Å². The molecule has 0 amide bonds. The molecule has 1 unspecified atom stereocenters. The van der Waals surface area contributed by atoms with Crippen LogP contribution in [0.2, 0.25) is 0 Å². The van der Waals surface area contributed by atoms with Gasteiger partial charge in [-0.1, -0.05) is 48.5 Å². The van der Waals surface area contributed by atoms with Crippen molar-refractivity contribution in [2.75, 3.05) is 10.7 Å². The lowest BCUT2D eigenvalue weighted by atomic mass is 10.0. The van der Waals surface area contributed by atoms with E-state index in [1.165, 1.54) is 4.68 Å². The zero-order valence-electron chi connectivity index (χ0n) is 20.8. The van der Waals surface area contributed by atoms with Gasteiger partial charge in [-0.3, -0.25) is 10.2 Å². The summed E-state index contributed by atoms with van der Waals surface area (Å²) in [6.07, 6.45) is 0.968. The van der Waals surface area contributed by atoms with Crippen LogP contribution in [0.15, 0.2) is 107 Å². The SMILES string of the molecule is O=c1c2cc(I)ccc2nc(Cc2ccccc2Nc2ccccc2)n1NC1=NNC(c2ccc(O)cc2)C1. The van der Waals surface area contributed by atoms with Crippen LogP contribution in [0.1, 0.15) is 29.4 Å². The number of hydrogen-bond acceptors (Lipinski definition) is 7. The average molecular weight is 628 g/mol. The number of aromatic hydroxyl groups is 1. The van der Waals surface area contributed by atoms with E-state index in [1.54, 1.807) is 12.1 Å². The highest BCUT2D eigenvalue weighted by Gasteiger charge is 2.22. The first-order valence-corrected chi connectivity index (χ1v) is 13.6. The molecule has 1 aromatic heterocycles. The van der Waals surface area contributed by atoms with E-state index in [4.69, 9.17) is 4.98 Å². The number of amidine groups is 1. The molecule has 1 aliphatic rings. The summed E-state index contributed by atoms with van der Waals surface area (Å²) in [6, 6.07) is 30.7. The Morgan fingerprint density at radius 2 is 1.74 bits per heavy atom. The van der Waals surface area contributed by atoms with Gasteiger partial charge >= 0.3 is 0 Å². The van der Waals surface area contributed by atoms with Crippen LogP contribution >= 0.6 is 22.6 Å². The Morgan fingerprint density at radius 1 is 0.974 bits per heavy atom. The number of para-hydroxylation sites is 2. The minimum absolute atomic E-state index is 0.0718. The number of phenolic OH excluding ortho intramolecular Hbond substituents is 1. The lowest BCUT2D eigenvalue weighted by Gasteiger charge is -2.17. The maximum absolute atomic E-state index is 13.8. The molecule has 0 saturated heterocycles. The van der Waals surface area contributed by atoms with Crippen molar-refractivity contribution in [2.24, 2.45) is 5.10 Å². The maximum Gasteiger partial charge on any atom is 0.280 e. The molecule has 0 spiro atoms. The van der Waals surface area contributed by atoms with Gasteiger partial charge in [0.2, 0.25) is 0 Å². The first kappa shape index (κ1) is 24.9. The second-order valence-corrected chi connectivity index (χ2v) is 10.5. The molecule has 0 radical (unpaired) electrons. The van der Waals surface area contributed by atoms with Gasteiger partial charge in [0, 0.05) is 27.8 Å². The van der Waals surface area contributed by atoms with E-state index in [0.29, 0.717) is 35.4 Å². The Kier molecular flexibility index (Phi) is 6.89. The summed E-state index contributed by atoms with van der Waals surface area (Å²) in [5.74, 6) is 1.41. The third-order valence-corrected chi connectivity index (χ3v) is 7.28. The Morgan fingerprint density at radius 3 is 2.56 bits per heavy atom. The third kappa shape index (κ3) is 5.44. The average Bonchev–Trinajstić information content (AvgIpc) is 3.42. The molecule has 0 fully saturated rings. The molecule has 4 aromatic carbocycles. The first-order valence-electron chi connectivity index (χ1n) is 12.5. The molecule has 1 aliphatic heterocycles. The van der Waals surface area contributed by atoms with E-state index in [2.05, 4.69) is 43.9 Å². The van der Waals surface area contributed by atoms with Crippen LogP contribution in [0, 0.1) is 3.57 Å². The monoisotopic (exact) mass is 628 g/mol. The number of anilines is 2. The number of fused-ring (bicyclic) bond motifs is 1. The Balaban J connectivity index is 1.35. The zero-order valence-corrected chi connectivity index (χ0v) is 23.0. The van der Waals surface area contributed by atoms with Crippen LogP contribution < -0.4 is 21.7 Å². The summed E-state index contributed by atoms with van der Waals surface area (Å²) in [7, 11) is 0. The van der Waals surface area contributed by atoms with Crippen molar-refractivity contribution in [2.45, 2.75) is 18.9 Å². The van der Waals surface area contributed by atoms with Crippen molar-refractivity contribution in [3.63, 3.8) is 0 Å². The Hall–Kier alpha value is -4.38. The summed E-state index contributed by atoms with van der Waals surface area (Å²) in [4.78, 5) is 18.7.